The summed E-state index contributed by atoms with van der Waals surface area (Å²) in [6, 6.07) is 5.05. The summed E-state index contributed by atoms with van der Waals surface area (Å²) in [5.41, 5.74) is 3.37. The Morgan fingerprint density at radius 2 is 2.00 bits per heavy atom. The summed E-state index contributed by atoms with van der Waals surface area (Å²) < 4.78 is 17.5. The molecular formula is C11H11Cl3FN3O2S. The Kier molecular flexibility index (Phi) is 5.45. The molecule has 1 unspecified atom stereocenters. The molecule has 10 heteroatoms. The largest absolute Gasteiger partial charge is 0.381 e. The molecule has 5 nitrogen and oxygen atoms in total. The molecule has 1 atom stereocenters. The van der Waals surface area contributed by atoms with Crippen LogP contribution in [-0.4, -0.2) is 33.5 Å². The van der Waals surface area contributed by atoms with Gasteiger partial charge in [0.25, 0.3) is 3.12 Å². The quantitative estimate of drug-likeness (QED) is 0.647. The first-order valence-corrected chi connectivity index (χ1v) is 7.62. The second-order valence-electron chi connectivity index (χ2n) is 4.06. The summed E-state index contributed by atoms with van der Waals surface area (Å²) >= 11 is 17.7. The lowest BCUT2D eigenvalue weighted by Crippen LogP contribution is -2.41. The van der Waals surface area contributed by atoms with E-state index in [4.69, 9.17) is 39.5 Å². The predicted molar refractivity (Wildman–Crippen MR) is 82.8 cm³/mol. The van der Waals surface area contributed by atoms with Crippen molar-refractivity contribution in [2.45, 2.75) is 9.29 Å². The van der Waals surface area contributed by atoms with Crippen LogP contribution in [0.5, 0.6) is 0 Å². The highest BCUT2D eigenvalue weighted by Gasteiger charge is 2.42. The number of hydrogen-bond donors (Lipinski definition) is 1. The molecule has 0 bridgehead atoms. The highest BCUT2D eigenvalue weighted by Crippen LogP contribution is 2.42. The summed E-state index contributed by atoms with van der Waals surface area (Å²) in [6.07, 6.45) is -0.493. The third-order valence-electron chi connectivity index (χ3n) is 2.58. The number of hydrazine groups is 1. The van der Waals surface area contributed by atoms with E-state index in [0.29, 0.717) is 17.6 Å². The van der Waals surface area contributed by atoms with E-state index < -0.39 is 21.1 Å². The molecule has 1 fully saturated rings. The normalized spacial score (nSPS) is 19.5. The second kappa shape index (κ2) is 6.76. The number of nitrogens with one attached hydrogen (secondary N) is 1. The van der Waals surface area contributed by atoms with E-state index in [-0.39, 0.29) is 6.61 Å². The van der Waals surface area contributed by atoms with E-state index in [9.17, 15) is 9.18 Å². The van der Waals surface area contributed by atoms with Crippen molar-refractivity contribution in [1.29, 1.82) is 0 Å². The van der Waals surface area contributed by atoms with Gasteiger partial charge in [-0.15, -0.1) is 0 Å². The maximum Gasteiger partial charge on any atom is 0.350 e. The van der Waals surface area contributed by atoms with Crippen molar-refractivity contribution in [2.75, 3.05) is 18.6 Å². The van der Waals surface area contributed by atoms with Gasteiger partial charge >= 0.3 is 6.03 Å². The fourth-order valence-corrected chi connectivity index (χ4v) is 2.98. The van der Waals surface area contributed by atoms with Crippen molar-refractivity contribution in [3.05, 3.63) is 30.1 Å². The summed E-state index contributed by atoms with van der Waals surface area (Å²) in [6.45, 7) is 0.208. The fourth-order valence-electron chi connectivity index (χ4n) is 1.81. The van der Waals surface area contributed by atoms with Crippen LogP contribution in [0.2, 0.25) is 0 Å². The molecule has 1 aliphatic rings. The van der Waals surface area contributed by atoms with Crippen LogP contribution in [0.25, 0.3) is 0 Å². The Morgan fingerprint density at radius 1 is 1.38 bits per heavy atom. The van der Waals surface area contributed by atoms with Gasteiger partial charge in [0.2, 0.25) is 0 Å². The van der Waals surface area contributed by atoms with Crippen LogP contribution in [0.15, 0.2) is 24.3 Å². The minimum absolute atomic E-state index is 0.208. The zero-order valence-corrected chi connectivity index (χ0v) is 13.8. The molecule has 116 valence electrons. The number of carbonyl (C=O) groups is 1. The molecular weight excluding hydrogens is 364 g/mol. The smallest absolute Gasteiger partial charge is 0.350 e. The Balaban J connectivity index is 2.24. The lowest BCUT2D eigenvalue weighted by molar-refractivity contribution is 0.166. The van der Waals surface area contributed by atoms with Crippen LogP contribution in [0.1, 0.15) is 0 Å². The molecule has 2 amide bonds. The van der Waals surface area contributed by atoms with Gasteiger partial charge in [0.1, 0.15) is 12.0 Å². The SMILES string of the molecule is COCC1NN(SC(Cl)(Cl)Cl)C(=O)N1c1ccc(F)cc1. The van der Waals surface area contributed by atoms with Crippen molar-refractivity contribution >= 4 is 58.5 Å². The van der Waals surface area contributed by atoms with Gasteiger partial charge in [0.15, 0.2) is 0 Å². The zero-order chi connectivity index (χ0) is 15.6. The second-order valence-corrected chi connectivity index (χ2v) is 8.17. The van der Waals surface area contributed by atoms with Gasteiger partial charge in [0.05, 0.1) is 6.61 Å². The van der Waals surface area contributed by atoms with E-state index >= 15 is 0 Å². The van der Waals surface area contributed by atoms with Crippen LogP contribution in [0.4, 0.5) is 14.9 Å². The van der Waals surface area contributed by atoms with Gasteiger partial charge in [-0.25, -0.2) is 9.18 Å². The first-order valence-electron chi connectivity index (χ1n) is 5.71. The molecule has 2 rings (SSSR count). The van der Waals surface area contributed by atoms with Crippen LogP contribution in [-0.2, 0) is 4.74 Å². The molecule has 1 aromatic carbocycles. The van der Waals surface area contributed by atoms with Crippen LogP contribution >= 0.6 is 46.8 Å². The number of urea groups is 1. The Hall–Kier alpha value is -0.440. The van der Waals surface area contributed by atoms with Crippen molar-refractivity contribution in [1.82, 2.24) is 9.84 Å². The number of halogens is 4. The summed E-state index contributed by atoms with van der Waals surface area (Å²) in [7, 11) is 1.50. The van der Waals surface area contributed by atoms with Crippen molar-refractivity contribution in [3.8, 4) is 0 Å². The molecule has 0 spiro atoms. The number of amides is 2. The number of anilines is 1. The summed E-state index contributed by atoms with van der Waals surface area (Å²) in [4.78, 5) is 13.8. The number of nitrogens with zero attached hydrogens (tertiary/aromatic N) is 2. The zero-order valence-electron chi connectivity index (χ0n) is 10.7. The molecule has 0 radical (unpaired) electrons. The standard InChI is InChI=1S/C11H11Cl3FN3O2S/c1-20-6-9-16-18(21-11(12,13)14)10(19)17(9)8-4-2-7(15)3-5-8/h2-5,9,16H,6H2,1H3. The number of hydrogen-bond acceptors (Lipinski definition) is 4. The highest BCUT2D eigenvalue weighted by molar-refractivity contribution is 8.03. The number of alkyl halides is 3. The fraction of sp³-hybridized carbons (Fsp3) is 0.364. The third-order valence-corrected chi connectivity index (χ3v) is 3.85. The summed E-state index contributed by atoms with van der Waals surface area (Å²) in [5, 5.41) is 0. The summed E-state index contributed by atoms with van der Waals surface area (Å²) in [5.74, 6) is -0.394. The number of rotatable bonds is 4. The molecule has 0 aromatic heterocycles. The van der Waals surface area contributed by atoms with E-state index in [1.807, 2.05) is 0 Å². The first-order chi connectivity index (χ1) is 9.81. The van der Waals surface area contributed by atoms with Gasteiger partial charge in [-0.3, -0.25) is 4.90 Å². The number of methoxy groups -OCH3 is 1. The van der Waals surface area contributed by atoms with Crippen LogP contribution in [0.3, 0.4) is 0 Å². The van der Waals surface area contributed by atoms with Crippen LogP contribution < -0.4 is 10.3 Å². The average molecular weight is 375 g/mol. The van der Waals surface area contributed by atoms with Gasteiger partial charge in [-0.05, 0) is 24.3 Å². The van der Waals surface area contributed by atoms with Gasteiger partial charge in [-0.2, -0.15) is 9.84 Å². The first kappa shape index (κ1) is 16.9. The lowest BCUT2D eigenvalue weighted by atomic mass is 10.2. The van der Waals surface area contributed by atoms with Crippen LogP contribution in [0, 0.1) is 5.82 Å². The highest BCUT2D eigenvalue weighted by atomic mass is 35.6. The number of benzene rings is 1. The molecule has 1 saturated heterocycles. The lowest BCUT2D eigenvalue weighted by Gasteiger charge is -2.21. The van der Waals surface area contributed by atoms with Gasteiger partial charge in [-0.1, -0.05) is 34.8 Å². The van der Waals surface area contributed by atoms with Crippen molar-refractivity contribution in [3.63, 3.8) is 0 Å². The monoisotopic (exact) mass is 373 g/mol. The van der Waals surface area contributed by atoms with E-state index in [2.05, 4.69) is 5.43 Å². The maximum absolute atomic E-state index is 13.0. The van der Waals surface area contributed by atoms with E-state index in [1.54, 1.807) is 0 Å². The molecule has 1 N–H and O–H groups in total. The number of ether oxygens (including phenoxy) is 1. The minimum atomic E-state index is -1.70. The number of carbonyl (C=O) groups excluding carboxylic acids is 1. The van der Waals surface area contributed by atoms with Gasteiger partial charge < -0.3 is 4.74 Å². The molecule has 21 heavy (non-hydrogen) atoms. The van der Waals surface area contributed by atoms with Crippen molar-refractivity contribution in [2.24, 2.45) is 0 Å². The average Bonchev–Trinajstić information content (AvgIpc) is 2.66. The molecule has 1 aromatic rings. The predicted octanol–water partition coefficient (Wildman–Crippen LogP) is 3.52. The van der Waals surface area contributed by atoms with E-state index in [0.717, 1.165) is 4.41 Å². The molecule has 0 aliphatic carbocycles. The van der Waals surface area contributed by atoms with Crippen molar-refractivity contribution < 1.29 is 13.9 Å². The topological polar surface area (TPSA) is 44.8 Å². The van der Waals surface area contributed by atoms with E-state index in [1.165, 1.54) is 36.3 Å². The Labute approximate surface area is 140 Å². The Bertz CT molecular complexity index is 514. The third kappa shape index (κ3) is 4.28. The van der Waals surface area contributed by atoms with Gasteiger partial charge in [0, 0.05) is 24.7 Å². The minimum Gasteiger partial charge on any atom is -0.381 e. The molecule has 1 heterocycles. The molecule has 0 saturated carbocycles. The molecule has 1 aliphatic heterocycles. The Morgan fingerprint density at radius 3 is 2.52 bits per heavy atom. The maximum atomic E-state index is 13.0.